The van der Waals surface area contributed by atoms with Crippen molar-refractivity contribution < 1.29 is 8.78 Å². The van der Waals surface area contributed by atoms with Gasteiger partial charge in [-0.05, 0) is 78.4 Å². The van der Waals surface area contributed by atoms with Crippen molar-refractivity contribution in [2.45, 2.75) is 31.5 Å². The molecule has 1 fully saturated rings. The molecule has 1 heterocycles. The van der Waals surface area contributed by atoms with Crippen LogP contribution in [0.4, 0.5) is 8.78 Å². The lowest BCUT2D eigenvalue weighted by molar-refractivity contribution is 0.0238. The minimum atomic E-state index is -1.54. The van der Waals surface area contributed by atoms with Gasteiger partial charge in [0.25, 0.3) is 0 Å². The van der Waals surface area contributed by atoms with Gasteiger partial charge in [-0.25, -0.2) is 8.78 Å². The van der Waals surface area contributed by atoms with E-state index in [9.17, 15) is 9.65 Å². The zero-order valence-electron chi connectivity index (χ0n) is 19.4. The van der Waals surface area contributed by atoms with E-state index in [1.807, 2.05) is 36.4 Å². The van der Waals surface area contributed by atoms with Crippen molar-refractivity contribution in [2.24, 2.45) is 5.92 Å². The van der Waals surface area contributed by atoms with E-state index in [1.54, 1.807) is 18.2 Å². The van der Waals surface area contributed by atoms with Crippen LogP contribution in [0.1, 0.15) is 52.8 Å². The molecule has 3 aromatic carbocycles. The number of hydrogen-bond acceptors (Lipinski definition) is 4. The Morgan fingerprint density at radius 1 is 0.886 bits per heavy atom. The van der Waals surface area contributed by atoms with E-state index in [-0.39, 0.29) is 23.9 Å². The van der Waals surface area contributed by atoms with Gasteiger partial charge in [-0.15, -0.1) is 0 Å². The molecule has 0 radical (unpaired) electrons. The van der Waals surface area contributed by atoms with Crippen LogP contribution in [0.3, 0.4) is 0 Å². The lowest BCUT2D eigenvalue weighted by Crippen LogP contribution is -2.50. The molecule has 2 atom stereocenters. The second-order valence-electron chi connectivity index (χ2n) is 9.45. The Bertz CT molecular complexity index is 1340. The molecule has 174 valence electrons. The minimum absolute atomic E-state index is 0.0409. The molecule has 6 heteroatoms. The smallest absolute Gasteiger partial charge is 0.124 e. The summed E-state index contributed by atoms with van der Waals surface area (Å²) in [6.45, 7) is 2.88. The number of rotatable bonds is 7. The van der Waals surface area contributed by atoms with E-state index in [1.165, 1.54) is 19.1 Å². The van der Waals surface area contributed by atoms with Crippen LogP contribution in [-0.2, 0) is 6.42 Å². The second kappa shape index (κ2) is 10.1. The lowest BCUT2D eigenvalue weighted by Gasteiger charge is -2.46. The zero-order valence-corrected chi connectivity index (χ0v) is 19.4. The molecule has 2 unspecified atom stereocenters. The number of alkyl halides is 1. The molecule has 35 heavy (non-hydrogen) atoms. The van der Waals surface area contributed by atoms with Crippen molar-refractivity contribution in [1.29, 1.82) is 15.8 Å². The summed E-state index contributed by atoms with van der Waals surface area (Å²) in [7, 11) is 0. The summed E-state index contributed by atoms with van der Waals surface area (Å²) in [4.78, 5) is 2.24. The first kappa shape index (κ1) is 24.1. The topological polar surface area (TPSA) is 74.6 Å². The van der Waals surface area contributed by atoms with Crippen molar-refractivity contribution in [2.75, 3.05) is 13.1 Å². The SMILES string of the molecule is CC(F)(Cc1cc(F)cc(C#N)c1)CC1CN(C(c2ccc(C#N)cc2)c2cccc(C#N)c2)C1. The largest absolute Gasteiger partial charge is 0.292 e. The van der Waals surface area contributed by atoms with Crippen LogP contribution in [0.25, 0.3) is 0 Å². The predicted molar refractivity (Wildman–Crippen MR) is 128 cm³/mol. The number of likely N-dealkylation sites (tertiary alicyclic amines) is 1. The Labute approximate surface area is 204 Å². The summed E-state index contributed by atoms with van der Waals surface area (Å²) in [5.41, 5.74) is 2.25. The van der Waals surface area contributed by atoms with Crippen LogP contribution in [-0.4, -0.2) is 23.7 Å². The van der Waals surface area contributed by atoms with Crippen LogP contribution < -0.4 is 0 Å². The summed E-state index contributed by atoms with van der Waals surface area (Å²) >= 11 is 0. The summed E-state index contributed by atoms with van der Waals surface area (Å²) < 4.78 is 29.3. The van der Waals surface area contributed by atoms with Crippen LogP contribution in [0.5, 0.6) is 0 Å². The molecule has 0 aliphatic carbocycles. The normalized spacial score (nSPS) is 16.2. The van der Waals surface area contributed by atoms with Crippen LogP contribution >= 0.6 is 0 Å². The van der Waals surface area contributed by atoms with E-state index in [0.717, 1.165) is 17.2 Å². The fourth-order valence-electron chi connectivity index (χ4n) is 5.00. The van der Waals surface area contributed by atoms with E-state index in [0.29, 0.717) is 36.2 Å². The molecule has 4 nitrogen and oxygen atoms in total. The van der Waals surface area contributed by atoms with Gasteiger partial charge in [0.2, 0.25) is 0 Å². The Kier molecular flexibility index (Phi) is 6.92. The van der Waals surface area contributed by atoms with Crippen molar-refractivity contribution in [1.82, 2.24) is 4.90 Å². The number of benzene rings is 3. The highest BCUT2D eigenvalue weighted by Crippen LogP contribution is 2.38. The Morgan fingerprint density at radius 3 is 2.23 bits per heavy atom. The molecule has 0 bridgehead atoms. The van der Waals surface area contributed by atoms with Gasteiger partial charge in [0.05, 0.1) is 40.9 Å². The summed E-state index contributed by atoms with van der Waals surface area (Å²) in [5.74, 6) is -0.413. The molecule has 0 amide bonds. The Balaban J connectivity index is 1.49. The van der Waals surface area contributed by atoms with E-state index in [2.05, 4.69) is 17.0 Å². The summed E-state index contributed by atoms with van der Waals surface area (Å²) in [5, 5.41) is 27.6. The summed E-state index contributed by atoms with van der Waals surface area (Å²) in [6.07, 6.45) is 0.361. The number of nitriles is 3. The van der Waals surface area contributed by atoms with Gasteiger partial charge in [-0.1, -0.05) is 24.3 Å². The van der Waals surface area contributed by atoms with Gasteiger partial charge in [-0.3, -0.25) is 4.90 Å². The maximum atomic E-state index is 15.5. The quantitative estimate of drug-likeness (QED) is 0.440. The van der Waals surface area contributed by atoms with Crippen molar-refractivity contribution in [3.63, 3.8) is 0 Å². The predicted octanol–water partition coefficient (Wildman–Crippen LogP) is 5.82. The van der Waals surface area contributed by atoms with Crippen molar-refractivity contribution >= 4 is 0 Å². The van der Waals surface area contributed by atoms with E-state index >= 15 is 4.39 Å². The first-order valence-corrected chi connectivity index (χ1v) is 11.4. The van der Waals surface area contributed by atoms with Gasteiger partial charge >= 0.3 is 0 Å². The van der Waals surface area contributed by atoms with Gasteiger partial charge in [0, 0.05) is 19.5 Å². The van der Waals surface area contributed by atoms with Crippen LogP contribution in [0.2, 0.25) is 0 Å². The number of halogens is 2. The molecular weight excluding hydrogens is 442 g/mol. The maximum Gasteiger partial charge on any atom is 0.124 e. The van der Waals surface area contributed by atoms with Crippen LogP contribution in [0, 0.1) is 45.7 Å². The van der Waals surface area contributed by atoms with E-state index in [4.69, 9.17) is 10.5 Å². The number of hydrogen-bond donors (Lipinski definition) is 0. The lowest BCUT2D eigenvalue weighted by atomic mass is 9.82. The molecule has 1 aliphatic heterocycles. The van der Waals surface area contributed by atoms with Gasteiger partial charge < -0.3 is 0 Å². The van der Waals surface area contributed by atoms with E-state index < -0.39 is 11.5 Å². The highest BCUT2D eigenvalue weighted by atomic mass is 19.1. The fourth-order valence-corrected chi connectivity index (χ4v) is 5.00. The second-order valence-corrected chi connectivity index (χ2v) is 9.45. The minimum Gasteiger partial charge on any atom is -0.292 e. The molecule has 0 aromatic heterocycles. The average molecular weight is 467 g/mol. The highest BCUT2D eigenvalue weighted by Gasteiger charge is 2.38. The molecule has 4 rings (SSSR count). The molecule has 0 spiro atoms. The van der Waals surface area contributed by atoms with Crippen molar-refractivity contribution in [3.05, 3.63) is 106 Å². The fraction of sp³-hybridized carbons (Fsp3) is 0.276. The third kappa shape index (κ3) is 5.72. The van der Waals surface area contributed by atoms with Gasteiger partial charge in [-0.2, -0.15) is 15.8 Å². The average Bonchev–Trinajstić information content (AvgIpc) is 2.82. The third-order valence-corrected chi connectivity index (χ3v) is 6.41. The Morgan fingerprint density at radius 2 is 1.57 bits per heavy atom. The molecule has 0 N–H and O–H groups in total. The highest BCUT2D eigenvalue weighted by molar-refractivity contribution is 5.41. The maximum absolute atomic E-state index is 15.5. The summed E-state index contributed by atoms with van der Waals surface area (Å²) in [6, 6.07) is 25.0. The number of nitrogens with zero attached hydrogens (tertiary/aromatic N) is 4. The molecular formula is C29H24F2N4. The first-order chi connectivity index (χ1) is 16.8. The molecule has 1 aliphatic rings. The van der Waals surface area contributed by atoms with Gasteiger partial charge in [0.15, 0.2) is 0 Å². The standard InChI is InChI=1S/C29H24F2N4/c1-29(31,13-22-9-23(17-34)12-27(30)11-22)14-24-18-35(19-24)28(25-7-5-20(15-32)6-8-25)26-4-2-3-21(10-26)16-33/h2-12,24,28H,13-14,18-19H2,1H3. The first-order valence-electron chi connectivity index (χ1n) is 11.4. The molecule has 0 saturated carbocycles. The zero-order chi connectivity index (χ0) is 25.0. The molecule has 3 aromatic rings. The Hall–Kier alpha value is -4.05. The monoisotopic (exact) mass is 466 g/mol. The van der Waals surface area contributed by atoms with Crippen LogP contribution in [0.15, 0.2) is 66.7 Å². The van der Waals surface area contributed by atoms with Crippen molar-refractivity contribution in [3.8, 4) is 18.2 Å². The third-order valence-electron chi connectivity index (χ3n) is 6.41. The molecule has 1 saturated heterocycles. The van der Waals surface area contributed by atoms with Gasteiger partial charge in [0.1, 0.15) is 11.5 Å².